The molecule has 0 saturated carbocycles. The van der Waals surface area contributed by atoms with Crippen LogP contribution in [0.4, 0.5) is 11.4 Å². The number of aromatic nitrogens is 5. The highest BCUT2D eigenvalue weighted by Gasteiger charge is 2.28. The third kappa shape index (κ3) is 5.94. The second-order valence-electron chi connectivity index (χ2n) is 11.5. The average molecular weight is 598 g/mol. The van der Waals surface area contributed by atoms with E-state index in [0.29, 0.717) is 18.0 Å². The zero-order valence-electron chi connectivity index (χ0n) is 25.3. The first kappa shape index (κ1) is 28.5. The Hall–Kier alpha value is -5.28. The van der Waals surface area contributed by atoms with Gasteiger partial charge in [0.05, 0.1) is 45.2 Å². The lowest BCUT2D eigenvalue weighted by Crippen LogP contribution is -2.38. The summed E-state index contributed by atoms with van der Waals surface area (Å²) in [5.41, 5.74) is 7.84. The minimum atomic E-state index is -0.319. The fourth-order valence-electron chi connectivity index (χ4n) is 5.90. The van der Waals surface area contributed by atoms with Gasteiger partial charge in [0.15, 0.2) is 0 Å². The van der Waals surface area contributed by atoms with Crippen molar-refractivity contribution in [2.24, 2.45) is 0 Å². The van der Waals surface area contributed by atoms with Gasteiger partial charge in [0.1, 0.15) is 12.1 Å². The van der Waals surface area contributed by atoms with Crippen LogP contribution < -0.4 is 10.2 Å². The molecule has 1 amide bonds. The molecule has 1 fully saturated rings. The number of amides is 1. The molecule has 0 spiro atoms. The van der Waals surface area contributed by atoms with Gasteiger partial charge in [0, 0.05) is 23.9 Å². The number of H-pyrrole nitrogens is 2. The Balaban J connectivity index is 1.21. The van der Waals surface area contributed by atoms with Crippen molar-refractivity contribution in [2.75, 3.05) is 11.5 Å². The van der Waals surface area contributed by atoms with Gasteiger partial charge in [-0.3, -0.25) is 14.9 Å². The largest absolute Gasteiger partial charge is 0.358 e. The van der Waals surface area contributed by atoms with E-state index in [1.165, 1.54) is 0 Å². The van der Waals surface area contributed by atoms with E-state index in [9.17, 15) is 4.79 Å². The maximum Gasteiger partial charge on any atom is 0.253 e. The summed E-state index contributed by atoms with van der Waals surface area (Å²) < 4.78 is 6.32. The number of nitrogens with one attached hydrogen (secondary N) is 3. The molecular formula is C36H35N7O2. The Bertz CT molecular complexity index is 1970. The van der Waals surface area contributed by atoms with E-state index in [4.69, 9.17) is 4.74 Å². The molecule has 2 unspecified atom stereocenters. The van der Waals surface area contributed by atoms with Gasteiger partial charge >= 0.3 is 0 Å². The lowest BCUT2D eigenvalue weighted by Gasteiger charge is -2.37. The standard InChI is InChI=1S/C36H35N7O2/c1-23-18-19-37-25(21-23)14-17-29-27-16-15-26(22-32(27)42-41-29)43(34-13-7-8-20-45-34)33-12-6-3-9-28(33)36(44)38-24(2)35-39-30-10-4-5-11-31(30)40-35/h3-6,9-12,14-19,21-22,24,34H,7-8,13,20H2,1-2H3,(H,38,44)(H,39,40)(H,41,42). The van der Waals surface area contributed by atoms with Crippen LogP contribution >= 0.6 is 0 Å². The Morgan fingerprint density at radius 1 is 1.02 bits per heavy atom. The number of hydrogen-bond acceptors (Lipinski definition) is 6. The summed E-state index contributed by atoms with van der Waals surface area (Å²) in [5, 5.41) is 11.9. The molecular weight excluding hydrogens is 562 g/mol. The van der Waals surface area contributed by atoms with E-state index in [1.54, 1.807) is 0 Å². The summed E-state index contributed by atoms with van der Waals surface area (Å²) in [6, 6.07) is 25.5. The van der Waals surface area contributed by atoms with E-state index >= 15 is 0 Å². The highest BCUT2D eigenvalue weighted by Crippen LogP contribution is 2.36. The zero-order valence-corrected chi connectivity index (χ0v) is 25.3. The van der Waals surface area contributed by atoms with E-state index in [1.807, 2.05) is 85.9 Å². The topological polar surface area (TPSA) is 112 Å². The van der Waals surface area contributed by atoms with Crippen molar-refractivity contribution in [3.63, 3.8) is 0 Å². The number of nitrogens with zero attached hydrogens (tertiary/aromatic N) is 4. The van der Waals surface area contributed by atoms with Gasteiger partial charge in [0.2, 0.25) is 0 Å². The number of pyridine rings is 1. The van der Waals surface area contributed by atoms with Crippen LogP contribution in [0.1, 0.15) is 65.4 Å². The number of aromatic amines is 2. The Labute approximate surface area is 261 Å². The van der Waals surface area contributed by atoms with Crippen LogP contribution in [0.25, 0.3) is 34.1 Å². The second-order valence-corrected chi connectivity index (χ2v) is 11.5. The van der Waals surface area contributed by atoms with Crippen molar-refractivity contribution in [1.29, 1.82) is 0 Å². The molecule has 0 bridgehead atoms. The predicted octanol–water partition coefficient (Wildman–Crippen LogP) is 7.47. The Morgan fingerprint density at radius 3 is 2.73 bits per heavy atom. The summed E-state index contributed by atoms with van der Waals surface area (Å²) in [6.07, 6.45) is 8.46. The smallest absolute Gasteiger partial charge is 0.253 e. The molecule has 9 nitrogen and oxygen atoms in total. The number of carbonyl (C=O) groups excluding carboxylic acids is 1. The molecule has 6 aromatic rings. The molecule has 3 N–H and O–H groups in total. The fraction of sp³-hybridized carbons (Fsp3) is 0.222. The number of carbonyl (C=O) groups is 1. The normalized spacial score (nSPS) is 15.9. The number of benzene rings is 3. The van der Waals surface area contributed by atoms with E-state index < -0.39 is 0 Å². The second kappa shape index (κ2) is 12.4. The van der Waals surface area contributed by atoms with Crippen molar-refractivity contribution in [3.8, 4) is 0 Å². The summed E-state index contributed by atoms with van der Waals surface area (Å²) in [4.78, 5) is 28.4. The van der Waals surface area contributed by atoms with Crippen LogP contribution in [-0.2, 0) is 4.74 Å². The third-order valence-electron chi connectivity index (χ3n) is 8.22. The van der Waals surface area contributed by atoms with Gasteiger partial charge in [-0.25, -0.2) is 4.98 Å². The van der Waals surface area contributed by atoms with Gasteiger partial charge < -0.3 is 19.9 Å². The van der Waals surface area contributed by atoms with Gasteiger partial charge in [-0.2, -0.15) is 5.10 Å². The SMILES string of the molecule is Cc1ccnc(C=Cc2n[nH]c3cc(N(c4ccccc4C(=O)NC(C)c4nc5ccccc5[nH]4)C4CCCCO4)ccc23)c1. The molecule has 1 saturated heterocycles. The lowest BCUT2D eigenvalue weighted by atomic mass is 10.1. The van der Waals surface area contributed by atoms with Crippen molar-refractivity contribution < 1.29 is 9.53 Å². The predicted molar refractivity (Wildman–Crippen MR) is 178 cm³/mol. The molecule has 3 aromatic carbocycles. The maximum atomic E-state index is 13.9. The van der Waals surface area contributed by atoms with Gasteiger partial charge in [-0.05, 0) is 105 Å². The van der Waals surface area contributed by atoms with Crippen molar-refractivity contribution >= 4 is 51.4 Å². The summed E-state index contributed by atoms with van der Waals surface area (Å²) in [7, 11) is 0. The number of hydrogen-bond donors (Lipinski definition) is 3. The maximum absolute atomic E-state index is 13.9. The molecule has 45 heavy (non-hydrogen) atoms. The molecule has 2 atom stereocenters. The fourth-order valence-corrected chi connectivity index (χ4v) is 5.90. The number of fused-ring (bicyclic) bond motifs is 2. The third-order valence-corrected chi connectivity index (χ3v) is 8.22. The quantitative estimate of drug-likeness (QED) is 0.168. The first-order valence-electron chi connectivity index (χ1n) is 15.4. The number of anilines is 2. The average Bonchev–Trinajstić information content (AvgIpc) is 3.69. The molecule has 226 valence electrons. The van der Waals surface area contributed by atoms with E-state index in [0.717, 1.165) is 69.5 Å². The number of ether oxygens (including phenoxy) is 1. The highest BCUT2D eigenvalue weighted by molar-refractivity contribution is 6.01. The van der Waals surface area contributed by atoms with Gasteiger partial charge in [0.25, 0.3) is 5.91 Å². The number of imidazole rings is 1. The van der Waals surface area contributed by atoms with Gasteiger partial charge in [-0.1, -0.05) is 24.3 Å². The molecule has 3 aromatic heterocycles. The number of para-hydroxylation sites is 3. The van der Waals surface area contributed by atoms with Crippen molar-refractivity contribution in [1.82, 2.24) is 30.5 Å². The van der Waals surface area contributed by atoms with Crippen molar-refractivity contribution in [3.05, 3.63) is 113 Å². The minimum absolute atomic E-state index is 0.181. The summed E-state index contributed by atoms with van der Waals surface area (Å²) in [6.45, 7) is 4.66. The molecule has 0 radical (unpaired) electrons. The Kier molecular flexibility index (Phi) is 7.83. The molecule has 0 aliphatic carbocycles. The molecule has 9 heteroatoms. The van der Waals surface area contributed by atoms with Crippen LogP contribution in [0.5, 0.6) is 0 Å². The molecule has 1 aliphatic rings. The van der Waals surface area contributed by atoms with Crippen LogP contribution in [0.2, 0.25) is 0 Å². The van der Waals surface area contributed by atoms with Crippen LogP contribution in [0.3, 0.4) is 0 Å². The van der Waals surface area contributed by atoms with Crippen molar-refractivity contribution in [2.45, 2.75) is 45.4 Å². The van der Waals surface area contributed by atoms with E-state index in [-0.39, 0.29) is 18.2 Å². The van der Waals surface area contributed by atoms with Crippen LogP contribution in [-0.4, -0.2) is 43.9 Å². The molecule has 7 rings (SSSR count). The summed E-state index contributed by atoms with van der Waals surface area (Å²) in [5.74, 6) is 0.529. The lowest BCUT2D eigenvalue weighted by molar-refractivity contribution is 0.0207. The van der Waals surface area contributed by atoms with E-state index in [2.05, 4.69) is 60.5 Å². The molecule has 1 aliphatic heterocycles. The zero-order chi connectivity index (χ0) is 30.8. The van der Waals surface area contributed by atoms with Crippen LogP contribution in [0.15, 0.2) is 85.1 Å². The van der Waals surface area contributed by atoms with Gasteiger partial charge in [-0.15, -0.1) is 0 Å². The monoisotopic (exact) mass is 597 g/mol. The molecule has 4 heterocycles. The highest BCUT2D eigenvalue weighted by atomic mass is 16.5. The number of aryl methyl sites for hydroxylation is 1. The van der Waals surface area contributed by atoms with Crippen LogP contribution in [0, 0.1) is 6.92 Å². The first-order valence-corrected chi connectivity index (χ1v) is 15.4. The number of rotatable bonds is 8. The summed E-state index contributed by atoms with van der Waals surface area (Å²) >= 11 is 0. The first-order chi connectivity index (χ1) is 22.0. The minimum Gasteiger partial charge on any atom is -0.358 e. The Morgan fingerprint density at radius 2 is 1.89 bits per heavy atom.